The van der Waals surface area contributed by atoms with Crippen molar-refractivity contribution in [1.82, 2.24) is 0 Å². The molecule has 3 nitrogen and oxygen atoms in total. The molecule has 1 atom stereocenters. The van der Waals surface area contributed by atoms with Crippen LogP contribution in [0.25, 0.3) is 0 Å². The normalized spacial score (nSPS) is 17.8. The number of fused-ring (bicyclic) bond motifs is 1. The molecule has 3 heteroatoms. The number of hydrogen-bond donors (Lipinski definition) is 1. The summed E-state index contributed by atoms with van der Waals surface area (Å²) >= 11 is 0. The molecule has 0 amide bonds. The Hall–Kier alpha value is -1.06. The molecule has 0 fully saturated rings. The van der Waals surface area contributed by atoms with Gasteiger partial charge in [0.15, 0.2) is 0 Å². The Balaban J connectivity index is 1.74. The van der Waals surface area contributed by atoms with Crippen molar-refractivity contribution in [1.29, 1.82) is 0 Å². The summed E-state index contributed by atoms with van der Waals surface area (Å²) in [6.07, 6.45) is 3.76. The van der Waals surface area contributed by atoms with E-state index in [4.69, 9.17) is 9.47 Å². The van der Waals surface area contributed by atoms with Gasteiger partial charge in [-0.15, -0.1) is 0 Å². The average molecular weight is 250 g/mol. The molecular weight excluding hydrogens is 228 g/mol. The van der Waals surface area contributed by atoms with Crippen LogP contribution >= 0.6 is 0 Å². The summed E-state index contributed by atoms with van der Waals surface area (Å²) in [5, 5.41) is 9.71. The van der Waals surface area contributed by atoms with E-state index in [1.54, 1.807) is 0 Å². The van der Waals surface area contributed by atoms with Crippen LogP contribution in [-0.4, -0.2) is 24.9 Å². The highest BCUT2D eigenvalue weighted by atomic mass is 16.5. The van der Waals surface area contributed by atoms with E-state index in [2.05, 4.69) is 6.92 Å². The lowest BCUT2D eigenvalue weighted by Gasteiger charge is -2.09. The van der Waals surface area contributed by atoms with Gasteiger partial charge in [-0.1, -0.05) is 19.4 Å². The van der Waals surface area contributed by atoms with Crippen molar-refractivity contribution in [3.8, 4) is 5.75 Å². The number of unbranched alkanes of at least 4 members (excludes halogenated alkanes) is 1. The number of aliphatic hydroxyl groups is 1. The number of aryl methyl sites for hydroxylation is 1. The first-order valence-corrected chi connectivity index (χ1v) is 6.82. The minimum atomic E-state index is -0.286. The maximum Gasteiger partial charge on any atom is 0.119 e. The monoisotopic (exact) mass is 250 g/mol. The summed E-state index contributed by atoms with van der Waals surface area (Å²) in [6, 6.07) is 5.94. The van der Waals surface area contributed by atoms with Gasteiger partial charge in [0.25, 0.3) is 0 Å². The molecule has 0 radical (unpaired) electrons. The molecule has 0 aliphatic heterocycles. The van der Waals surface area contributed by atoms with Crippen LogP contribution in [0.5, 0.6) is 5.75 Å². The highest BCUT2D eigenvalue weighted by Crippen LogP contribution is 2.33. The van der Waals surface area contributed by atoms with Crippen LogP contribution < -0.4 is 4.74 Å². The Bertz CT molecular complexity index is 376. The molecule has 0 spiro atoms. The van der Waals surface area contributed by atoms with Crippen LogP contribution in [0.4, 0.5) is 0 Å². The Labute approximate surface area is 109 Å². The molecule has 0 bridgehead atoms. The second-order valence-corrected chi connectivity index (χ2v) is 4.73. The third kappa shape index (κ3) is 3.47. The zero-order valence-corrected chi connectivity index (χ0v) is 11.0. The molecule has 0 heterocycles. The first-order valence-electron chi connectivity index (χ1n) is 6.82. The maximum absolute atomic E-state index is 9.71. The summed E-state index contributed by atoms with van der Waals surface area (Å²) in [5.41, 5.74) is 2.27. The summed E-state index contributed by atoms with van der Waals surface area (Å²) in [7, 11) is 0. The van der Waals surface area contributed by atoms with E-state index in [9.17, 15) is 5.11 Å². The van der Waals surface area contributed by atoms with Crippen LogP contribution in [0.1, 0.15) is 43.4 Å². The number of benzene rings is 1. The van der Waals surface area contributed by atoms with Crippen LogP contribution in [0.15, 0.2) is 18.2 Å². The van der Waals surface area contributed by atoms with Gasteiger partial charge in [-0.3, -0.25) is 0 Å². The summed E-state index contributed by atoms with van der Waals surface area (Å²) in [4.78, 5) is 0. The molecule has 0 aromatic heterocycles. The lowest BCUT2D eigenvalue weighted by atomic mass is 10.1. The SMILES string of the molecule is CCCCOCCOc1ccc2c(c1)CC[C@H]2O. The van der Waals surface area contributed by atoms with E-state index in [0.717, 1.165) is 43.6 Å². The van der Waals surface area contributed by atoms with Gasteiger partial charge < -0.3 is 14.6 Å². The predicted octanol–water partition coefficient (Wildman–Crippen LogP) is 2.86. The van der Waals surface area contributed by atoms with Crippen molar-refractivity contribution in [3.63, 3.8) is 0 Å². The number of ether oxygens (including phenoxy) is 2. The van der Waals surface area contributed by atoms with E-state index in [0.29, 0.717) is 13.2 Å². The van der Waals surface area contributed by atoms with Crippen molar-refractivity contribution in [2.24, 2.45) is 0 Å². The van der Waals surface area contributed by atoms with Gasteiger partial charge in [-0.2, -0.15) is 0 Å². The van der Waals surface area contributed by atoms with Crippen molar-refractivity contribution in [3.05, 3.63) is 29.3 Å². The fraction of sp³-hybridized carbons (Fsp3) is 0.600. The standard InChI is InChI=1S/C15H22O3/c1-2-3-8-17-9-10-18-13-5-6-14-12(11-13)4-7-15(14)16/h5-6,11,15-16H,2-4,7-10H2,1H3/t15-/m1/s1. The van der Waals surface area contributed by atoms with Gasteiger partial charge in [-0.05, 0) is 42.5 Å². The number of rotatable bonds is 7. The largest absolute Gasteiger partial charge is 0.491 e. The Kier molecular flexibility index (Phi) is 5.02. The van der Waals surface area contributed by atoms with Gasteiger partial charge in [-0.25, -0.2) is 0 Å². The van der Waals surface area contributed by atoms with E-state index in [1.165, 1.54) is 5.56 Å². The zero-order chi connectivity index (χ0) is 12.8. The lowest BCUT2D eigenvalue weighted by molar-refractivity contribution is 0.0980. The topological polar surface area (TPSA) is 38.7 Å². The van der Waals surface area contributed by atoms with Gasteiger partial charge in [0.05, 0.1) is 12.7 Å². The molecule has 1 aliphatic carbocycles. The fourth-order valence-corrected chi connectivity index (χ4v) is 2.23. The molecule has 0 saturated heterocycles. The minimum absolute atomic E-state index is 0.286. The van der Waals surface area contributed by atoms with Crippen LogP contribution in [0, 0.1) is 0 Å². The smallest absolute Gasteiger partial charge is 0.119 e. The highest BCUT2D eigenvalue weighted by Gasteiger charge is 2.20. The van der Waals surface area contributed by atoms with Crippen LogP contribution in [0.3, 0.4) is 0 Å². The van der Waals surface area contributed by atoms with Gasteiger partial charge >= 0.3 is 0 Å². The molecule has 1 aromatic carbocycles. The van der Waals surface area contributed by atoms with Crippen molar-refractivity contribution in [2.45, 2.75) is 38.7 Å². The molecule has 0 saturated carbocycles. The Morgan fingerprint density at radius 1 is 1.28 bits per heavy atom. The molecule has 0 unspecified atom stereocenters. The molecule has 18 heavy (non-hydrogen) atoms. The molecule has 2 rings (SSSR count). The molecule has 1 aliphatic rings. The zero-order valence-electron chi connectivity index (χ0n) is 11.0. The van der Waals surface area contributed by atoms with Crippen molar-refractivity contribution < 1.29 is 14.6 Å². The molecule has 1 N–H and O–H groups in total. The fourth-order valence-electron chi connectivity index (χ4n) is 2.23. The third-order valence-corrected chi connectivity index (χ3v) is 3.30. The van der Waals surface area contributed by atoms with Gasteiger partial charge in [0.2, 0.25) is 0 Å². The molecule has 1 aromatic rings. The second kappa shape index (κ2) is 6.76. The Morgan fingerprint density at radius 3 is 3.00 bits per heavy atom. The Morgan fingerprint density at radius 2 is 2.17 bits per heavy atom. The lowest BCUT2D eigenvalue weighted by Crippen LogP contribution is -2.07. The van der Waals surface area contributed by atoms with E-state index < -0.39 is 0 Å². The first kappa shape index (κ1) is 13.4. The summed E-state index contributed by atoms with van der Waals surface area (Å²) in [6.45, 7) is 4.19. The maximum atomic E-state index is 9.71. The molecular formula is C15H22O3. The third-order valence-electron chi connectivity index (χ3n) is 3.30. The van der Waals surface area contributed by atoms with Crippen LogP contribution in [-0.2, 0) is 11.2 Å². The first-order chi connectivity index (χ1) is 8.81. The molecule has 100 valence electrons. The summed E-state index contributed by atoms with van der Waals surface area (Å²) in [5.74, 6) is 0.877. The van der Waals surface area contributed by atoms with E-state index in [1.807, 2.05) is 18.2 Å². The second-order valence-electron chi connectivity index (χ2n) is 4.73. The van der Waals surface area contributed by atoms with E-state index >= 15 is 0 Å². The minimum Gasteiger partial charge on any atom is -0.491 e. The van der Waals surface area contributed by atoms with Gasteiger partial charge in [0.1, 0.15) is 12.4 Å². The van der Waals surface area contributed by atoms with Crippen molar-refractivity contribution >= 4 is 0 Å². The van der Waals surface area contributed by atoms with E-state index in [-0.39, 0.29) is 6.10 Å². The number of aliphatic hydroxyl groups excluding tert-OH is 1. The summed E-state index contributed by atoms with van der Waals surface area (Å²) < 4.78 is 11.1. The van der Waals surface area contributed by atoms with Gasteiger partial charge in [0, 0.05) is 6.61 Å². The van der Waals surface area contributed by atoms with Crippen LogP contribution in [0.2, 0.25) is 0 Å². The quantitative estimate of drug-likeness (QED) is 0.756. The highest BCUT2D eigenvalue weighted by molar-refractivity contribution is 5.39. The average Bonchev–Trinajstić information content (AvgIpc) is 2.75. The predicted molar refractivity (Wildman–Crippen MR) is 70.9 cm³/mol. The number of hydrogen-bond acceptors (Lipinski definition) is 3. The van der Waals surface area contributed by atoms with Crippen molar-refractivity contribution in [2.75, 3.05) is 19.8 Å².